The van der Waals surface area contributed by atoms with E-state index in [0.29, 0.717) is 5.69 Å². The molecule has 5 nitrogen and oxygen atoms in total. The van der Waals surface area contributed by atoms with Crippen molar-refractivity contribution in [3.63, 3.8) is 0 Å². The third kappa shape index (κ3) is 3.08. The molecule has 0 unspecified atom stereocenters. The number of carbonyl (C=O) groups excluding carboxylic acids is 1. The van der Waals surface area contributed by atoms with Crippen LogP contribution in [0.3, 0.4) is 0 Å². The number of phenolic OH excluding ortho intramolecular Hbond substituents is 2. The van der Waals surface area contributed by atoms with Crippen LogP contribution < -0.4 is 10.6 Å². The van der Waals surface area contributed by atoms with Gasteiger partial charge in [-0.15, -0.1) is 0 Å². The first-order chi connectivity index (χ1) is 9.58. The van der Waals surface area contributed by atoms with Crippen LogP contribution in [0, 0.1) is 0 Å². The van der Waals surface area contributed by atoms with Gasteiger partial charge in [-0.1, -0.05) is 30.8 Å². The first kappa shape index (κ1) is 13.5. The van der Waals surface area contributed by atoms with Crippen molar-refractivity contribution in [1.29, 1.82) is 0 Å². The molecule has 2 rings (SSSR count). The molecule has 1 amide bonds. The lowest BCUT2D eigenvalue weighted by molar-refractivity contribution is -0.112. The first-order valence-corrected chi connectivity index (χ1v) is 5.91. The molecule has 2 aromatic carbocycles. The summed E-state index contributed by atoms with van der Waals surface area (Å²) in [6.45, 7) is 3.60. The minimum atomic E-state index is -0.505. The highest BCUT2D eigenvalue weighted by Gasteiger charge is 2.11. The highest BCUT2D eigenvalue weighted by Crippen LogP contribution is 2.24. The Morgan fingerprint density at radius 1 is 0.850 bits per heavy atom. The Balaban J connectivity index is 2.05. The molecule has 0 fully saturated rings. The second kappa shape index (κ2) is 5.79. The van der Waals surface area contributed by atoms with E-state index in [9.17, 15) is 15.0 Å². The molecule has 0 heterocycles. The lowest BCUT2D eigenvalue weighted by Crippen LogP contribution is -2.18. The Bertz CT molecular complexity index is 596. The quantitative estimate of drug-likeness (QED) is 0.508. The lowest BCUT2D eigenvalue weighted by Gasteiger charge is -2.12. The number of amides is 1. The molecule has 2 aromatic rings. The summed E-state index contributed by atoms with van der Waals surface area (Å²) in [5.41, 5.74) is 0.720. The van der Waals surface area contributed by atoms with E-state index >= 15 is 0 Å². The predicted octanol–water partition coefficient (Wildman–Crippen LogP) is 2.66. The molecular weight excluding hydrogens is 256 g/mol. The van der Waals surface area contributed by atoms with E-state index in [-0.39, 0.29) is 22.9 Å². The molecule has 0 aliphatic rings. The van der Waals surface area contributed by atoms with Crippen LogP contribution >= 0.6 is 0 Å². The Morgan fingerprint density at radius 3 is 1.80 bits per heavy atom. The van der Waals surface area contributed by atoms with Gasteiger partial charge >= 0.3 is 0 Å². The zero-order valence-electron chi connectivity index (χ0n) is 10.6. The Kier molecular flexibility index (Phi) is 3.91. The van der Waals surface area contributed by atoms with Crippen molar-refractivity contribution in [2.24, 2.45) is 0 Å². The standard InChI is InChI=1S/C15H14N2O3/c1-10(16-11-6-2-4-8-13(11)18)15(20)17-12-7-3-5-9-14(12)19/h2-9,16,18-19H,1H2,(H,17,20). The summed E-state index contributed by atoms with van der Waals surface area (Å²) in [6.07, 6.45) is 0. The van der Waals surface area contributed by atoms with Crippen molar-refractivity contribution >= 4 is 17.3 Å². The smallest absolute Gasteiger partial charge is 0.271 e. The van der Waals surface area contributed by atoms with Crippen molar-refractivity contribution in [1.82, 2.24) is 0 Å². The fraction of sp³-hybridized carbons (Fsp3) is 0. The SMILES string of the molecule is C=C(Nc1ccccc1O)C(=O)Nc1ccccc1O. The maximum atomic E-state index is 11.9. The molecule has 0 saturated heterocycles. The molecule has 0 aliphatic heterocycles. The molecule has 0 radical (unpaired) electrons. The summed E-state index contributed by atoms with van der Waals surface area (Å²) in [7, 11) is 0. The molecule has 5 heteroatoms. The number of rotatable bonds is 4. The van der Waals surface area contributed by atoms with Gasteiger partial charge < -0.3 is 20.8 Å². The van der Waals surface area contributed by atoms with Gasteiger partial charge in [0.15, 0.2) is 0 Å². The number of hydrogen-bond acceptors (Lipinski definition) is 4. The van der Waals surface area contributed by atoms with Crippen LogP contribution in [0.4, 0.5) is 11.4 Å². The molecule has 0 bridgehead atoms. The van der Waals surface area contributed by atoms with Gasteiger partial charge in [0.2, 0.25) is 0 Å². The minimum Gasteiger partial charge on any atom is -0.506 e. The topological polar surface area (TPSA) is 81.6 Å². The van der Waals surface area contributed by atoms with Crippen LogP contribution in [0.5, 0.6) is 11.5 Å². The first-order valence-electron chi connectivity index (χ1n) is 5.91. The molecule has 0 saturated carbocycles. The van der Waals surface area contributed by atoms with Crippen LogP contribution in [0.2, 0.25) is 0 Å². The van der Waals surface area contributed by atoms with Crippen LogP contribution in [0.25, 0.3) is 0 Å². The highest BCUT2D eigenvalue weighted by molar-refractivity contribution is 6.06. The molecule has 20 heavy (non-hydrogen) atoms. The molecule has 0 aliphatic carbocycles. The largest absolute Gasteiger partial charge is 0.506 e. The fourth-order valence-electron chi connectivity index (χ4n) is 1.58. The second-order valence-electron chi connectivity index (χ2n) is 4.09. The second-order valence-corrected chi connectivity index (χ2v) is 4.09. The zero-order valence-corrected chi connectivity index (χ0v) is 10.6. The van der Waals surface area contributed by atoms with E-state index in [4.69, 9.17) is 0 Å². The Hall–Kier alpha value is -2.95. The number of para-hydroxylation sites is 4. The average molecular weight is 270 g/mol. The van der Waals surface area contributed by atoms with Crippen LogP contribution in [-0.4, -0.2) is 16.1 Å². The van der Waals surface area contributed by atoms with Crippen molar-refractivity contribution in [3.8, 4) is 11.5 Å². The number of carbonyl (C=O) groups is 1. The average Bonchev–Trinajstić information content (AvgIpc) is 2.43. The van der Waals surface area contributed by atoms with Gasteiger partial charge in [-0.2, -0.15) is 0 Å². The van der Waals surface area contributed by atoms with Crippen molar-refractivity contribution in [2.75, 3.05) is 10.6 Å². The van der Waals surface area contributed by atoms with Gasteiger partial charge in [-0.05, 0) is 24.3 Å². The van der Waals surface area contributed by atoms with E-state index in [2.05, 4.69) is 17.2 Å². The van der Waals surface area contributed by atoms with Crippen molar-refractivity contribution < 1.29 is 15.0 Å². The van der Waals surface area contributed by atoms with Crippen molar-refractivity contribution in [3.05, 3.63) is 60.8 Å². The van der Waals surface area contributed by atoms with E-state index in [0.717, 1.165) is 0 Å². The van der Waals surface area contributed by atoms with Crippen LogP contribution in [-0.2, 0) is 4.79 Å². The number of nitrogens with one attached hydrogen (secondary N) is 2. The van der Waals surface area contributed by atoms with Crippen LogP contribution in [0.15, 0.2) is 60.8 Å². The van der Waals surface area contributed by atoms with Gasteiger partial charge in [0.05, 0.1) is 17.1 Å². The summed E-state index contributed by atoms with van der Waals surface area (Å²) >= 11 is 0. The number of aromatic hydroxyl groups is 2. The summed E-state index contributed by atoms with van der Waals surface area (Å²) in [5, 5.41) is 24.4. The summed E-state index contributed by atoms with van der Waals surface area (Å²) in [4.78, 5) is 11.9. The van der Waals surface area contributed by atoms with Gasteiger partial charge in [0, 0.05) is 0 Å². The number of benzene rings is 2. The molecule has 4 N–H and O–H groups in total. The number of phenols is 2. The van der Waals surface area contributed by atoms with E-state index in [1.165, 1.54) is 12.1 Å². The third-order valence-electron chi connectivity index (χ3n) is 2.62. The normalized spacial score (nSPS) is 9.80. The Labute approximate surface area is 116 Å². The van der Waals surface area contributed by atoms with E-state index in [1.54, 1.807) is 36.4 Å². The maximum Gasteiger partial charge on any atom is 0.271 e. The lowest BCUT2D eigenvalue weighted by atomic mass is 10.2. The van der Waals surface area contributed by atoms with Gasteiger partial charge in [-0.25, -0.2) is 0 Å². The van der Waals surface area contributed by atoms with Crippen LogP contribution in [0.1, 0.15) is 0 Å². The maximum absolute atomic E-state index is 11.9. The van der Waals surface area contributed by atoms with Gasteiger partial charge in [-0.3, -0.25) is 4.79 Å². The molecule has 0 spiro atoms. The highest BCUT2D eigenvalue weighted by atomic mass is 16.3. The van der Waals surface area contributed by atoms with Gasteiger partial charge in [0.1, 0.15) is 11.5 Å². The van der Waals surface area contributed by atoms with Gasteiger partial charge in [0.25, 0.3) is 5.91 Å². The molecular formula is C15H14N2O3. The van der Waals surface area contributed by atoms with E-state index < -0.39 is 5.91 Å². The van der Waals surface area contributed by atoms with E-state index in [1.807, 2.05) is 0 Å². The third-order valence-corrected chi connectivity index (χ3v) is 2.62. The summed E-state index contributed by atoms with van der Waals surface area (Å²) < 4.78 is 0. The zero-order chi connectivity index (χ0) is 14.5. The minimum absolute atomic E-state index is 0.0176. The fourth-order valence-corrected chi connectivity index (χ4v) is 1.58. The molecule has 0 aromatic heterocycles. The summed E-state index contributed by atoms with van der Waals surface area (Å²) in [5.74, 6) is -0.519. The number of hydrogen-bond donors (Lipinski definition) is 4. The summed E-state index contributed by atoms with van der Waals surface area (Å²) in [6, 6.07) is 12.9. The molecule has 0 atom stereocenters. The van der Waals surface area contributed by atoms with Crippen molar-refractivity contribution in [2.45, 2.75) is 0 Å². The number of anilines is 2. The monoisotopic (exact) mass is 270 g/mol. The predicted molar refractivity (Wildman–Crippen MR) is 77.6 cm³/mol. The molecule has 102 valence electrons. The Morgan fingerprint density at radius 2 is 1.30 bits per heavy atom.